The van der Waals surface area contributed by atoms with E-state index in [1.165, 1.54) is 5.56 Å². The number of carbonyl (C=O) groups excluding carboxylic acids is 1. The highest BCUT2D eigenvalue weighted by molar-refractivity contribution is 5.93. The molecule has 0 saturated carbocycles. The Balaban J connectivity index is 1.49. The van der Waals surface area contributed by atoms with Crippen LogP contribution in [-0.4, -0.2) is 46.6 Å². The molecule has 7 heteroatoms. The van der Waals surface area contributed by atoms with Crippen molar-refractivity contribution in [2.45, 2.75) is 57.7 Å². The van der Waals surface area contributed by atoms with Gasteiger partial charge in [-0.1, -0.05) is 35.0 Å². The highest BCUT2D eigenvalue weighted by Crippen LogP contribution is 2.29. The van der Waals surface area contributed by atoms with Crippen LogP contribution in [0.2, 0.25) is 0 Å². The van der Waals surface area contributed by atoms with Gasteiger partial charge in [0.25, 0.3) is 5.91 Å². The normalized spacial score (nSPS) is 23.5. The fourth-order valence-electron chi connectivity index (χ4n) is 4.20. The molecule has 28 heavy (non-hydrogen) atoms. The van der Waals surface area contributed by atoms with Crippen LogP contribution in [-0.2, 0) is 4.74 Å². The van der Waals surface area contributed by atoms with Crippen LogP contribution in [0.3, 0.4) is 0 Å². The number of carbonyl (C=O) groups is 1. The Morgan fingerprint density at radius 3 is 2.68 bits per heavy atom. The Bertz CT molecular complexity index is 811. The predicted molar refractivity (Wildman–Crippen MR) is 106 cm³/mol. The zero-order valence-corrected chi connectivity index (χ0v) is 16.6. The second-order valence-electron chi connectivity index (χ2n) is 7.87. The topological polar surface area (TPSA) is 81.1 Å². The van der Waals surface area contributed by atoms with Crippen molar-refractivity contribution in [3.05, 3.63) is 46.8 Å². The van der Waals surface area contributed by atoms with Crippen LogP contribution in [0.25, 0.3) is 0 Å². The van der Waals surface area contributed by atoms with Gasteiger partial charge in [-0.25, -0.2) is 4.68 Å². The molecule has 1 amide bonds. The summed E-state index contributed by atoms with van der Waals surface area (Å²) >= 11 is 0. The van der Waals surface area contributed by atoms with Gasteiger partial charge < -0.3 is 15.4 Å². The van der Waals surface area contributed by atoms with Gasteiger partial charge in [-0.2, -0.15) is 0 Å². The van der Waals surface area contributed by atoms with Crippen molar-refractivity contribution in [1.29, 1.82) is 0 Å². The molecule has 2 N–H and O–H groups in total. The fraction of sp³-hybridized carbons (Fsp3) is 0.571. The van der Waals surface area contributed by atoms with E-state index in [-0.39, 0.29) is 18.1 Å². The number of hydrogen-bond donors (Lipinski definition) is 2. The van der Waals surface area contributed by atoms with Gasteiger partial charge in [0.2, 0.25) is 0 Å². The maximum atomic E-state index is 13.0. The van der Waals surface area contributed by atoms with Crippen molar-refractivity contribution >= 4 is 5.91 Å². The zero-order valence-electron chi connectivity index (χ0n) is 16.6. The molecule has 2 aliphatic rings. The van der Waals surface area contributed by atoms with E-state index in [1.807, 2.05) is 11.6 Å². The smallest absolute Gasteiger partial charge is 0.274 e. The number of rotatable bonds is 4. The maximum Gasteiger partial charge on any atom is 0.274 e. The molecule has 0 radical (unpaired) electrons. The highest BCUT2D eigenvalue weighted by Gasteiger charge is 2.31. The van der Waals surface area contributed by atoms with Crippen LogP contribution < -0.4 is 10.6 Å². The number of nitrogens with one attached hydrogen (secondary N) is 2. The number of benzene rings is 1. The molecule has 1 aromatic heterocycles. The number of ether oxygens (including phenoxy) is 1. The third-order valence-electron chi connectivity index (χ3n) is 5.84. The lowest BCUT2D eigenvalue weighted by Gasteiger charge is -2.32. The Morgan fingerprint density at radius 2 is 1.93 bits per heavy atom. The molecule has 0 spiro atoms. The maximum absolute atomic E-state index is 13.0. The minimum atomic E-state index is -0.162. The molecular weight excluding hydrogens is 354 g/mol. The summed E-state index contributed by atoms with van der Waals surface area (Å²) < 4.78 is 7.94. The van der Waals surface area contributed by atoms with Gasteiger partial charge >= 0.3 is 0 Å². The SMILES string of the molecule is Cc1ccc(C2OCCCC2NC(=O)c2nnn(C3CCNCC3)c2C)cc1. The van der Waals surface area contributed by atoms with Gasteiger partial charge in [0, 0.05) is 6.61 Å². The lowest BCUT2D eigenvalue weighted by Crippen LogP contribution is -2.43. The standard InChI is InChI=1S/C21H29N5O2/c1-14-5-7-16(8-6-14)20-18(4-3-13-28-20)23-21(27)19-15(2)26(25-24-19)17-9-11-22-12-10-17/h5-8,17-18,20,22H,3-4,9-13H2,1-2H3,(H,23,27). The summed E-state index contributed by atoms with van der Waals surface area (Å²) in [5.74, 6) is -0.162. The molecule has 7 nitrogen and oxygen atoms in total. The molecule has 2 fully saturated rings. The third-order valence-corrected chi connectivity index (χ3v) is 5.84. The van der Waals surface area contributed by atoms with Crippen molar-refractivity contribution in [1.82, 2.24) is 25.6 Å². The number of hydrogen-bond acceptors (Lipinski definition) is 5. The number of amides is 1. The largest absolute Gasteiger partial charge is 0.371 e. The van der Waals surface area contributed by atoms with E-state index in [0.29, 0.717) is 11.7 Å². The summed E-state index contributed by atoms with van der Waals surface area (Å²) in [4.78, 5) is 13.0. The predicted octanol–water partition coefficient (Wildman–Crippen LogP) is 2.47. The Hall–Kier alpha value is -2.25. The van der Waals surface area contributed by atoms with E-state index >= 15 is 0 Å². The van der Waals surface area contributed by atoms with E-state index in [1.54, 1.807) is 0 Å². The van der Waals surface area contributed by atoms with E-state index in [9.17, 15) is 4.79 Å². The van der Waals surface area contributed by atoms with Crippen LogP contribution in [0.4, 0.5) is 0 Å². The summed E-state index contributed by atoms with van der Waals surface area (Å²) in [6, 6.07) is 8.59. The number of aryl methyl sites for hydroxylation is 1. The molecule has 3 heterocycles. The number of aromatic nitrogens is 3. The van der Waals surface area contributed by atoms with Crippen LogP contribution >= 0.6 is 0 Å². The monoisotopic (exact) mass is 383 g/mol. The minimum absolute atomic E-state index is 0.0626. The number of nitrogens with zero attached hydrogens (tertiary/aromatic N) is 3. The average Bonchev–Trinajstić information content (AvgIpc) is 3.11. The van der Waals surface area contributed by atoms with E-state index in [2.05, 4.69) is 52.1 Å². The molecule has 2 atom stereocenters. The first-order valence-electron chi connectivity index (χ1n) is 10.2. The van der Waals surface area contributed by atoms with Crippen molar-refractivity contribution in [3.8, 4) is 0 Å². The quantitative estimate of drug-likeness (QED) is 0.848. The summed E-state index contributed by atoms with van der Waals surface area (Å²) in [5, 5.41) is 15.0. The van der Waals surface area contributed by atoms with Gasteiger partial charge in [0.15, 0.2) is 5.69 Å². The van der Waals surface area contributed by atoms with Crippen molar-refractivity contribution in [2.24, 2.45) is 0 Å². The van der Waals surface area contributed by atoms with E-state index < -0.39 is 0 Å². The van der Waals surface area contributed by atoms with E-state index in [0.717, 1.165) is 56.6 Å². The van der Waals surface area contributed by atoms with Gasteiger partial charge in [-0.3, -0.25) is 4.79 Å². The second-order valence-corrected chi connectivity index (χ2v) is 7.87. The molecule has 0 bridgehead atoms. The Morgan fingerprint density at radius 1 is 1.18 bits per heavy atom. The van der Waals surface area contributed by atoms with Crippen LogP contribution in [0.5, 0.6) is 0 Å². The summed E-state index contributed by atoms with van der Waals surface area (Å²) in [6.07, 6.45) is 3.73. The average molecular weight is 383 g/mol. The first-order chi connectivity index (χ1) is 13.6. The third kappa shape index (κ3) is 3.95. The van der Waals surface area contributed by atoms with Gasteiger partial charge in [0.05, 0.1) is 17.8 Å². The lowest BCUT2D eigenvalue weighted by atomic mass is 9.95. The lowest BCUT2D eigenvalue weighted by molar-refractivity contribution is -0.00952. The first kappa shape index (κ1) is 19.1. The molecule has 4 rings (SSSR count). The number of piperidine rings is 1. The summed E-state index contributed by atoms with van der Waals surface area (Å²) in [6.45, 7) is 6.67. The first-order valence-corrected chi connectivity index (χ1v) is 10.2. The summed E-state index contributed by atoms with van der Waals surface area (Å²) in [5.41, 5.74) is 3.58. The Kier molecular flexibility index (Phi) is 5.73. The van der Waals surface area contributed by atoms with Gasteiger partial charge in [0.1, 0.15) is 6.10 Å². The van der Waals surface area contributed by atoms with E-state index in [4.69, 9.17) is 4.74 Å². The van der Waals surface area contributed by atoms with Crippen molar-refractivity contribution in [3.63, 3.8) is 0 Å². The molecular formula is C21H29N5O2. The van der Waals surface area contributed by atoms with Crippen LogP contribution in [0, 0.1) is 13.8 Å². The molecule has 1 aromatic carbocycles. The van der Waals surface area contributed by atoms with Crippen LogP contribution in [0.15, 0.2) is 24.3 Å². The fourth-order valence-corrected chi connectivity index (χ4v) is 4.20. The highest BCUT2D eigenvalue weighted by atomic mass is 16.5. The minimum Gasteiger partial charge on any atom is -0.371 e. The molecule has 150 valence electrons. The second kappa shape index (κ2) is 8.41. The molecule has 2 aliphatic heterocycles. The van der Waals surface area contributed by atoms with Gasteiger partial charge in [-0.15, -0.1) is 5.10 Å². The van der Waals surface area contributed by atoms with Crippen LogP contribution in [0.1, 0.15) is 65.1 Å². The van der Waals surface area contributed by atoms with Crippen molar-refractivity contribution in [2.75, 3.05) is 19.7 Å². The zero-order chi connectivity index (χ0) is 19.5. The summed E-state index contributed by atoms with van der Waals surface area (Å²) in [7, 11) is 0. The molecule has 2 saturated heterocycles. The molecule has 2 aromatic rings. The Labute approximate surface area is 165 Å². The molecule has 0 aliphatic carbocycles. The molecule has 2 unspecified atom stereocenters. The van der Waals surface area contributed by atoms with Crippen molar-refractivity contribution < 1.29 is 9.53 Å². The van der Waals surface area contributed by atoms with Gasteiger partial charge in [-0.05, 0) is 58.2 Å².